The van der Waals surface area contributed by atoms with Crippen molar-refractivity contribution in [3.63, 3.8) is 0 Å². The summed E-state index contributed by atoms with van der Waals surface area (Å²) in [7, 11) is 3.16. The first kappa shape index (κ1) is 14.3. The summed E-state index contributed by atoms with van der Waals surface area (Å²) in [6.45, 7) is 2.53. The van der Waals surface area contributed by atoms with Crippen molar-refractivity contribution in [1.82, 2.24) is 5.32 Å². The molecular weight excluding hydrogens is 232 g/mol. The molecule has 0 spiro atoms. The van der Waals surface area contributed by atoms with E-state index < -0.39 is 0 Å². The van der Waals surface area contributed by atoms with E-state index in [0.29, 0.717) is 23.6 Å². The van der Waals surface area contributed by atoms with Gasteiger partial charge in [-0.05, 0) is 25.5 Å². The average Bonchev–Trinajstić information content (AvgIpc) is 2.36. The zero-order valence-electron chi connectivity index (χ0n) is 11.0. The van der Waals surface area contributed by atoms with Gasteiger partial charge in [0, 0.05) is 19.8 Å². The fraction of sp³-hybridized carbons (Fsp3) is 0.462. The molecule has 1 amide bonds. The third-order valence-corrected chi connectivity index (χ3v) is 2.66. The third kappa shape index (κ3) is 3.63. The molecular formula is C13H20N2O3. The SMILES string of the molecule is COCCC(C)NC(=O)c1cccc(OC)c1N. The number of hydrogen-bond acceptors (Lipinski definition) is 4. The van der Waals surface area contributed by atoms with Crippen LogP contribution in [0, 0.1) is 0 Å². The van der Waals surface area contributed by atoms with Gasteiger partial charge in [-0.1, -0.05) is 6.07 Å². The van der Waals surface area contributed by atoms with Crippen LogP contribution in [0.15, 0.2) is 18.2 Å². The van der Waals surface area contributed by atoms with E-state index in [2.05, 4.69) is 5.32 Å². The van der Waals surface area contributed by atoms with Crippen LogP contribution in [0.1, 0.15) is 23.7 Å². The highest BCUT2D eigenvalue weighted by Gasteiger charge is 2.14. The number of amides is 1. The van der Waals surface area contributed by atoms with E-state index >= 15 is 0 Å². The second-order valence-electron chi connectivity index (χ2n) is 4.08. The molecule has 1 unspecified atom stereocenters. The summed E-state index contributed by atoms with van der Waals surface area (Å²) >= 11 is 0. The van der Waals surface area contributed by atoms with Crippen molar-refractivity contribution in [2.75, 3.05) is 26.6 Å². The summed E-state index contributed by atoms with van der Waals surface area (Å²) in [5, 5.41) is 2.87. The molecule has 1 atom stereocenters. The van der Waals surface area contributed by atoms with Crippen LogP contribution in [-0.4, -0.2) is 32.8 Å². The minimum absolute atomic E-state index is 0.0306. The molecule has 0 heterocycles. The van der Waals surface area contributed by atoms with E-state index in [4.69, 9.17) is 15.2 Å². The number of para-hydroxylation sites is 1. The largest absolute Gasteiger partial charge is 0.495 e. The molecule has 1 aromatic carbocycles. The summed E-state index contributed by atoms with van der Waals surface area (Å²) in [4.78, 5) is 12.0. The Labute approximate surface area is 107 Å². The van der Waals surface area contributed by atoms with Crippen LogP contribution in [0.5, 0.6) is 5.75 Å². The number of carbonyl (C=O) groups excluding carboxylic acids is 1. The second kappa shape index (κ2) is 6.86. The van der Waals surface area contributed by atoms with Crippen molar-refractivity contribution in [1.29, 1.82) is 0 Å². The summed E-state index contributed by atoms with van der Waals surface area (Å²) in [5.74, 6) is 0.308. The molecule has 3 N–H and O–H groups in total. The monoisotopic (exact) mass is 252 g/mol. The number of nitrogens with two attached hydrogens (primary N) is 1. The van der Waals surface area contributed by atoms with Crippen molar-refractivity contribution in [2.45, 2.75) is 19.4 Å². The van der Waals surface area contributed by atoms with Gasteiger partial charge < -0.3 is 20.5 Å². The van der Waals surface area contributed by atoms with Crippen LogP contribution < -0.4 is 15.8 Å². The highest BCUT2D eigenvalue weighted by Crippen LogP contribution is 2.24. The Bertz CT molecular complexity index is 407. The zero-order chi connectivity index (χ0) is 13.5. The molecule has 18 heavy (non-hydrogen) atoms. The number of nitrogen functional groups attached to an aromatic ring is 1. The first-order chi connectivity index (χ1) is 8.60. The number of rotatable bonds is 6. The lowest BCUT2D eigenvalue weighted by atomic mass is 10.1. The maximum atomic E-state index is 12.0. The summed E-state index contributed by atoms with van der Waals surface area (Å²) in [6.07, 6.45) is 0.756. The number of hydrogen-bond donors (Lipinski definition) is 2. The number of ether oxygens (including phenoxy) is 2. The molecule has 0 saturated heterocycles. The first-order valence-corrected chi connectivity index (χ1v) is 5.82. The highest BCUT2D eigenvalue weighted by molar-refractivity contribution is 6.00. The lowest BCUT2D eigenvalue weighted by molar-refractivity contribution is 0.0930. The van der Waals surface area contributed by atoms with E-state index in [0.717, 1.165) is 6.42 Å². The van der Waals surface area contributed by atoms with Gasteiger partial charge in [-0.25, -0.2) is 0 Å². The van der Waals surface area contributed by atoms with E-state index in [9.17, 15) is 4.79 Å². The molecule has 1 rings (SSSR count). The van der Waals surface area contributed by atoms with Crippen LogP contribution in [0.3, 0.4) is 0 Å². The molecule has 0 aliphatic rings. The normalized spacial score (nSPS) is 11.9. The van der Waals surface area contributed by atoms with Crippen LogP contribution in [0.25, 0.3) is 0 Å². The van der Waals surface area contributed by atoms with Gasteiger partial charge in [0.05, 0.1) is 18.4 Å². The van der Waals surface area contributed by atoms with Gasteiger partial charge >= 0.3 is 0 Å². The standard InChI is InChI=1S/C13H20N2O3/c1-9(7-8-17-2)15-13(16)10-5-4-6-11(18-3)12(10)14/h4-6,9H,7-8,14H2,1-3H3,(H,15,16). The predicted octanol–water partition coefficient (Wildman–Crippen LogP) is 1.43. The van der Waals surface area contributed by atoms with Crippen molar-refractivity contribution >= 4 is 11.6 Å². The Morgan fingerprint density at radius 1 is 1.44 bits per heavy atom. The predicted molar refractivity (Wildman–Crippen MR) is 70.8 cm³/mol. The van der Waals surface area contributed by atoms with Crippen molar-refractivity contribution < 1.29 is 14.3 Å². The lowest BCUT2D eigenvalue weighted by Crippen LogP contribution is -2.33. The quantitative estimate of drug-likeness (QED) is 0.751. The van der Waals surface area contributed by atoms with E-state index in [1.807, 2.05) is 6.92 Å². The maximum Gasteiger partial charge on any atom is 0.253 e. The topological polar surface area (TPSA) is 73.6 Å². The van der Waals surface area contributed by atoms with Gasteiger partial charge in [0.1, 0.15) is 5.75 Å². The number of nitrogens with one attached hydrogen (secondary N) is 1. The Morgan fingerprint density at radius 2 is 2.17 bits per heavy atom. The first-order valence-electron chi connectivity index (χ1n) is 5.82. The van der Waals surface area contributed by atoms with Crippen LogP contribution in [-0.2, 0) is 4.74 Å². The minimum atomic E-state index is -0.199. The molecule has 5 heteroatoms. The Morgan fingerprint density at radius 3 is 2.78 bits per heavy atom. The molecule has 0 saturated carbocycles. The summed E-state index contributed by atoms with van der Waals surface area (Å²) in [5.41, 5.74) is 6.65. The number of methoxy groups -OCH3 is 2. The molecule has 0 radical (unpaired) electrons. The van der Waals surface area contributed by atoms with Crippen molar-refractivity contribution in [3.8, 4) is 5.75 Å². The van der Waals surface area contributed by atoms with Gasteiger partial charge in [-0.2, -0.15) is 0 Å². The maximum absolute atomic E-state index is 12.0. The fourth-order valence-corrected chi connectivity index (χ4v) is 1.59. The lowest BCUT2D eigenvalue weighted by Gasteiger charge is -2.15. The molecule has 0 fully saturated rings. The van der Waals surface area contributed by atoms with Crippen LogP contribution >= 0.6 is 0 Å². The van der Waals surface area contributed by atoms with Gasteiger partial charge in [0.25, 0.3) is 5.91 Å². The van der Waals surface area contributed by atoms with Gasteiger partial charge in [-0.3, -0.25) is 4.79 Å². The molecule has 0 bridgehead atoms. The van der Waals surface area contributed by atoms with Crippen molar-refractivity contribution in [2.24, 2.45) is 0 Å². The zero-order valence-corrected chi connectivity index (χ0v) is 11.0. The Kier molecular flexibility index (Phi) is 5.45. The van der Waals surface area contributed by atoms with Crippen LogP contribution in [0.2, 0.25) is 0 Å². The average molecular weight is 252 g/mol. The van der Waals surface area contributed by atoms with E-state index in [-0.39, 0.29) is 11.9 Å². The van der Waals surface area contributed by atoms with Gasteiger partial charge in [0.2, 0.25) is 0 Å². The smallest absolute Gasteiger partial charge is 0.253 e. The third-order valence-electron chi connectivity index (χ3n) is 2.66. The van der Waals surface area contributed by atoms with Gasteiger partial charge in [0.15, 0.2) is 0 Å². The molecule has 0 aromatic heterocycles. The Balaban J connectivity index is 2.72. The highest BCUT2D eigenvalue weighted by atomic mass is 16.5. The van der Waals surface area contributed by atoms with E-state index in [1.54, 1.807) is 25.3 Å². The fourth-order valence-electron chi connectivity index (χ4n) is 1.59. The van der Waals surface area contributed by atoms with Gasteiger partial charge in [-0.15, -0.1) is 0 Å². The van der Waals surface area contributed by atoms with E-state index in [1.165, 1.54) is 7.11 Å². The minimum Gasteiger partial charge on any atom is -0.495 e. The molecule has 100 valence electrons. The molecule has 0 aliphatic heterocycles. The van der Waals surface area contributed by atoms with Crippen LogP contribution in [0.4, 0.5) is 5.69 Å². The summed E-state index contributed by atoms with van der Waals surface area (Å²) < 4.78 is 10.0. The van der Waals surface area contributed by atoms with Crippen molar-refractivity contribution in [3.05, 3.63) is 23.8 Å². The molecule has 0 aliphatic carbocycles. The number of benzene rings is 1. The summed E-state index contributed by atoms with van der Waals surface area (Å²) in [6, 6.07) is 5.17. The Hall–Kier alpha value is -1.75. The number of carbonyl (C=O) groups is 1. The second-order valence-corrected chi connectivity index (χ2v) is 4.08. The number of anilines is 1. The molecule has 5 nitrogen and oxygen atoms in total. The molecule has 1 aromatic rings.